The Hall–Kier alpha value is -1.55. The molecule has 0 saturated carbocycles. The first-order valence-electron chi connectivity index (χ1n) is 7.61. The van der Waals surface area contributed by atoms with Gasteiger partial charge in [0.05, 0.1) is 13.2 Å². The fourth-order valence-corrected chi connectivity index (χ4v) is 1.95. The lowest BCUT2D eigenvalue weighted by Crippen LogP contribution is -2.35. The van der Waals surface area contributed by atoms with Gasteiger partial charge in [-0.1, -0.05) is 0 Å². The summed E-state index contributed by atoms with van der Waals surface area (Å²) < 4.78 is 11.5. The highest BCUT2D eigenvalue weighted by atomic mass is 127. The summed E-state index contributed by atoms with van der Waals surface area (Å²) in [6.45, 7) is 6.84. The van der Waals surface area contributed by atoms with Gasteiger partial charge in [0.15, 0.2) is 0 Å². The third-order valence-electron chi connectivity index (χ3n) is 2.55. The first-order valence-corrected chi connectivity index (χ1v) is 8.69. The van der Waals surface area contributed by atoms with E-state index < -0.39 is 11.7 Å². The van der Waals surface area contributed by atoms with Crippen LogP contribution < -0.4 is 16.0 Å². The molecule has 0 fully saturated rings. The van der Waals surface area contributed by atoms with Crippen LogP contribution in [0.25, 0.3) is 0 Å². The number of amides is 3. The summed E-state index contributed by atoms with van der Waals surface area (Å²) in [7, 11) is 0. The molecule has 0 atom stereocenters. The van der Waals surface area contributed by atoms with E-state index in [1.54, 1.807) is 20.8 Å². The maximum absolute atomic E-state index is 11.7. The van der Waals surface area contributed by atoms with Crippen molar-refractivity contribution in [1.29, 1.82) is 0 Å². The molecule has 0 aliphatic heterocycles. The van der Waals surface area contributed by atoms with Gasteiger partial charge in [0.1, 0.15) is 5.60 Å². The Balaban J connectivity index is 2.02. The van der Waals surface area contributed by atoms with Crippen LogP contribution in [0.2, 0.25) is 0 Å². The van der Waals surface area contributed by atoms with Crippen LogP contribution >= 0.6 is 22.6 Å². The van der Waals surface area contributed by atoms with Gasteiger partial charge < -0.3 is 25.4 Å². The lowest BCUT2D eigenvalue weighted by atomic mass is 10.2. The van der Waals surface area contributed by atoms with E-state index in [9.17, 15) is 9.59 Å². The lowest BCUT2D eigenvalue weighted by molar-refractivity contribution is 0.0501. The molecule has 1 aromatic rings. The first kappa shape index (κ1) is 20.5. The van der Waals surface area contributed by atoms with Gasteiger partial charge in [-0.2, -0.15) is 0 Å². The normalized spacial score (nSPS) is 10.8. The molecular formula is C16H24IN3O4. The van der Waals surface area contributed by atoms with Gasteiger partial charge in [-0.05, 0) is 67.6 Å². The molecule has 134 valence electrons. The van der Waals surface area contributed by atoms with Gasteiger partial charge in [-0.25, -0.2) is 9.59 Å². The van der Waals surface area contributed by atoms with Crippen LogP contribution in [-0.2, 0) is 9.47 Å². The van der Waals surface area contributed by atoms with Crippen molar-refractivity contribution in [3.05, 3.63) is 27.8 Å². The quantitative estimate of drug-likeness (QED) is 0.441. The minimum Gasteiger partial charge on any atom is -0.444 e. The molecule has 3 amide bonds. The largest absolute Gasteiger partial charge is 0.444 e. The van der Waals surface area contributed by atoms with Crippen molar-refractivity contribution in [3.8, 4) is 0 Å². The maximum atomic E-state index is 11.7. The van der Waals surface area contributed by atoms with E-state index in [1.807, 2.05) is 24.3 Å². The van der Waals surface area contributed by atoms with E-state index in [-0.39, 0.29) is 6.03 Å². The predicted molar refractivity (Wildman–Crippen MR) is 101 cm³/mol. The van der Waals surface area contributed by atoms with Crippen LogP contribution in [0.4, 0.5) is 15.3 Å². The Morgan fingerprint density at radius 3 is 2.21 bits per heavy atom. The Morgan fingerprint density at radius 2 is 1.62 bits per heavy atom. The zero-order valence-corrected chi connectivity index (χ0v) is 16.3. The van der Waals surface area contributed by atoms with Crippen molar-refractivity contribution in [3.63, 3.8) is 0 Å². The third kappa shape index (κ3) is 10.3. The molecule has 0 spiro atoms. The molecule has 8 heteroatoms. The highest BCUT2D eigenvalue weighted by Gasteiger charge is 2.15. The lowest BCUT2D eigenvalue weighted by Gasteiger charge is -2.19. The summed E-state index contributed by atoms with van der Waals surface area (Å²) >= 11 is 2.20. The number of alkyl carbamates (subject to hydrolysis) is 1. The monoisotopic (exact) mass is 449 g/mol. The molecule has 0 saturated heterocycles. The second kappa shape index (κ2) is 10.3. The summed E-state index contributed by atoms with van der Waals surface area (Å²) in [5, 5.41) is 8.00. The van der Waals surface area contributed by atoms with Crippen LogP contribution in [-0.4, -0.2) is 44.0 Å². The molecule has 0 aliphatic rings. The number of anilines is 1. The van der Waals surface area contributed by atoms with Gasteiger partial charge in [-0.15, -0.1) is 0 Å². The van der Waals surface area contributed by atoms with E-state index in [0.29, 0.717) is 26.3 Å². The van der Waals surface area contributed by atoms with E-state index in [4.69, 9.17) is 9.47 Å². The standard InChI is InChI=1S/C16H24IN3O4/c1-16(2,3)24-15(22)19-9-11-23-10-8-18-14(21)20-13-6-4-12(17)5-7-13/h4-7H,8-11H2,1-3H3,(H,19,22)(H2,18,20,21). The third-order valence-corrected chi connectivity index (χ3v) is 3.27. The van der Waals surface area contributed by atoms with Gasteiger partial charge in [0, 0.05) is 22.3 Å². The molecule has 0 heterocycles. The average Bonchev–Trinajstić information content (AvgIpc) is 2.47. The molecule has 7 nitrogen and oxygen atoms in total. The van der Waals surface area contributed by atoms with Crippen LogP contribution in [0.1, 0.15) is 20.8 Å². The topological polar surface area (TPSA) is 88.7 Å². The Bertz CT molecular complexity index is 529. The Kier molecular flexibility index (Phi) is 8.83. The first-order chi connectivity index (χ1) is 11.3. The second-order valence-electron chi connectivity index (χ2n) is 5.93. The van der Waals surface area contributed by atoms with Crippen molar-refractivity contribution in [2.75, 3.05) is 31.6 Å². The summed E-state index contributed by atoms with van der Waals surface area (Å²) in [6, 6.07) is 7.21. The number of nitrogens with one attached hydrogen (secondary N) is 3. The molecule has 0 aliphatic carbocycles. The molecular weight excluding hydrogens is 425 g/mol. The number of halogens is 1. The Morgan fingerprint density at radius 1 is 1.04 bits per heavy atom. The smallest absolute Gasteiger partial charge is 0.407 e. The van der Waals surface area contributed by atoms with Crippen molar-refractivity contribution < 1.29 is 19.1 Å². The molecule has 0 bridgehead atoms. The average molecular weight is 449 g/mol. The van der Waals surface area contributed by atoms with Gasteiger partial charge in [0.25, 0.3) is 0 Å². The zero-order chi connectivity index (χ0) is 18.0. The van der Waals surface area contributed by atoms with E-state index in [1.165, 1.54) is 0 Å². The highest BCUT2D eigenvalue weighted by Crippen LogP contribution is 2.10. The second-order valence-corrected chi connectivity index (χ2v) is 7.17. The Labute approximate surface area is 156 Å². The number of carbonyl (C=O) groups excluding carboxylic acids is 2. The number of rotatable bonds is 7. The van der Waals surface area contributed by atoms with Crippen LogP contribution in [0.3, 0.4) is 0 Å². The molecule has 0 aromatic heterocycles. The number of carbonyl (C=O) groups is 2. The number of hydrogen-bond donors (Lipinski definition) is 3. The van der Waals surface area contributed by atoms with Crippen LogP contribution in [0.15, 0.2) is 24.3 Å². The molecule has 0 radical (unpaired) electrons. The van der Waals surface area contributed by atoms with Crippen LogP contribution in [0, 0.1) is 3.57 Å². The minimum absolute atomic E-state index is 0.285. The van der Waals surface area contributed by atoms with E-state index in [0.717, 1.165) is 9.26 Å². The predicted octanol–water partition coefficient (Wildman–Crippen LogP) is 2.95. The summed E-state index contributed by atoms with van der Waals surface area (Å²) in [5.74, 6) is 0. The van der Waals surface area contributed by atoms with Crippen molar-refractivity contribution in [1.82, 2.24) is 10.6 Å². The SMILES string of the molecule is CC(C)(C)OC(=O)NCCOCCNC(=O)Nc1ccc(I)cc1. The number of benzene rings is 1. The molecule has 0 unspecified atom stereocenters. The summed E-state index contributed by atoms with van der Waals surface area (Å²) in [6.07, 6.45) is -0.471. The number of urea groups is 1. The van der Waals surface area contributed by atoms with Gasteiger partial charge >= 0.3 is 12.1 Å². The van der Waals surface area contributed by atoms with Crippen molar-refractivity contribution in [2.24, 2.45) is 0 Å². The molecule has 24 heavy (non-hydrogen) atoms. The van der Waals surface area contributed by atoms with E-state index in [2.05, 4.69) is 38.5 Å². The van der Waals surface area contributed by atoms with Gasteiger partial charge in [-0.3, -0.25) is 0 Å². The highest BCUT2D eigenvalue weighted by molar-refractivity contribution is 14.1. The van der Waals surface area contributed by atoms with Crippen molar-refractivity contribution >= 4 is 40.4 Å². The van der Waals surface area contributed by atoms with Crippen LogP contribution in [0.5, 0.6) is 0 Å². The van der Waals surface area contributed by atoms with Gasteiger partial charge in [0.2, 0.25) is 0 Å². The number of ether oxygens (including phenoxy) is 2. The summed E-state index contributed by atoms with van der Waals surface area (Å²) in [4.78, 5) is 23.0. The fraction of sp³-hybridized carbons (Fsp3) is 0.500. The van der Waals surface area contributed by atoms with Crippen molar-refractivity contribution in [2.45, 2.75) is 26.4 Å². The maximum Gasteiger partial charge on any atom is 0.407 e. The van der Waals surface area contributed by atoms with E-state index >= 15 is 0 Å². The number of hydrogen-bond acceptors (Lipinski definition) is 4. The summed E-state index contributed by atoms with van der Waals surface area (Å²) in [5.41, 5.74) is 0.217. The zero-order valence-electron chi connectivity index (χ0n) is 14.1. The minimum atomic E-state index is -0.515. The molecule has 3 N–H and O–H groups in total. The fourth-order valence-electron chi connectivity index (χ4n) is 1.59. The molecule has 1 aromatic carbocycles. The molecule has 1 rings (SSSR count).